The van der Waals surface area contributed by atoms with E-state index in [2.05, 4.69) is 6.92 Å². The van der Waals surface area contributed by atoms with Gasteiger partial charge in [-0.1, -0.05) is 19.8 Å². The molecule has 0 saturated carbocycles. The Kier molecular flexibility index (Phi) is 5.72. The molecule has 0 spiro atoms. The maximum Gasteiger partial charge on any atom is 0.336 e. The molecular formula is C10H21NO3. The Hall–Kier alpha value is -0.610. The smallest absolute Gasteiger partial charge is 0.336 e. The first-order valence-corrected chi connectivity index (χ1v) is 5.04. The fourth-order valence-corrected chi connectivity index (χ4v) is 1.30. The van der Waals surface area contributed by atoms with Gasteiger partial charge in [-0.2, -0.15) is 0 Å². The van der Waals surface area contributed by atoms with Crippen LogP contribution in [0.15, 0.2) is 0 Å². The zero-order valence-corrected chi connectivity index (χ0v) is 9.29. The summed E-state index contributed by atoms with van der Waals surface area (Å²) < 4.78 is 0. The molecule has 1 unspecified atom stereocenters. The third-order valence-corrected chi connectivity index (χ3v) is 2.18. The van der Waals surface area contributed by atoms with Gasteiger partial charge < -0.3 is 15.1 Å². The minimum atomic E-state index is -1.64. The number of rotatable bonds is 7. The van der Waals surface area contributed by atoms with Crippen LogP contribution in [0.25, 0.3) is 0 Å². The molecule has 0 amide bonds. The first-order valence-electron chi connectivity index (χ1n) is 5.04. The first-order chi connectivity index (χ1) is 6.40. The molecule has 0 bridgehead atoms. The van der Waals surface area contributed by atoms with E-state index in [9.17, 15) is 9.90 Å². The summed E-state index contributed by atoms with van der Waals surface area (Å²) in [6.45, 7) is 4.45. The highest BCUT2D eigenvalue weighted by Gasteiger charge is 2.30. The largest absolute Gasteiger partial charge is 0.479 e. The molecule has 0 fully saturated rings. The van der Waals surface area contributed by atoms with Gasteiger partial charge in [-0.3, -0.25) is 0 Å². The minimum Gasteiger partial charge on any atom is -0.479 e. The Morgan fingerprint density at radius 2 is 2.00 bits per heavy atom. The molecular weight excluding hydrogens is 182 g/mol. The molecule has 0 aliphatic rings. The third kappa shape index (κ3) is 5.19. The summed E-state index contributed by atoms with van der Waals surface area (Å²) >= 11 is 0. The number of carbonyl (C=O) groups is 1. The van der Waals surface area contributed by atoms with E-state index in [0.29, 0.717) is 0 Å². The van der Waals surface area contributed by atoms with Crippen LogP contribution in [-0.4, -0.2) is 46.8 Å². The molecule has 14 heavy (non-hydrogen) atoms. The van der Waals surface area contributed by atoms with E-state index in [0.717, 1.165) is 25.8 Å². The Bertz CT molecular complexity index is 180. The van der Waals surface area contributed by atoms with Crippen molar-refractivity contribution in [3.05, 3.63) is 0 Å². The number of hydrogen-bond acceptors (Lipinski definition) is 3. The minimum absolute atomic E-state index is 0.173. The van der Waals surface area contributed by atoms with Gasteiger partial charge in [-0.15, -0.1) is 0 Å². The fraction of sp³-hybridized carbons (Fsp3) is 0.900. The quantitative estimate of drug-likeness (QED) is 0.605. The van der Waals surface area contributed by atoms with E-state index in [-0.39, 0.29) is 6.54 Å². The molecule has 4 heteroatoms. The van der Waals surface area contributed by atoms with Crippen LogP contribution in [0.2, 0.25) is 0 Å². The lowest BCUT2D eigenvalue weighted by atomic mass is 10.1. The number of likely N-dealkylation sites (N-methyl/N-ethyl adjacent to an activating group) is 1. The van der Waals surface area contributed by atoms with Crippen LogP contribution in [-0.2, 0) is 4.79 Å². The highest BCUT2D eigenvalue weighted by molar-refractivity contribution is 5.76. The second-order valence-corrected chi connectivity index (χ2v) is 4.02. The van der Waals surface area contributed by atoms with Crippen LogP contribution >= 0.6 is 0 Å². The van der Waals surface area contributed by atoms with Crippen molar-refractivity contribution in [2.45, 2.75) is 38.7 Å². The maximum atomic E-state index is 10.6. The van der Waals surface area contributed by atoms with Crippen LogP contribution < -0.4 is 0 Å². The number of carboxylic acid groups (broad SMARTS) is 1. The predicted octanol–water partition coefficient (Wildman–Crippen LogP) is 0.944. The van der Waals surface area contributed by atoms with Gasteiger partial charge in [0.15, 0.2) is 5.60 Å². The molecule has 0 rings (SSSR count). The van der Waals surface area contributed by atoms with Crippen molar-refractivity contribution in [3.8, 4) is 0 Å². The molecule has 0 aromatic rings. The lowest BCUT2D eigenvalue weighted by Crippen LogP contribution is -2.45. The average molecular weight is 203 g/mol. The topological polar surface area (TPSA) is 60.8 Å². The van der Waals surface area contributed by atoms with Crippen molar-refractivity contribution in [2.75, 3.05) is 20.1 Å². The first kappa shape index (κ1) is 13.4. The highest BCUT2D eigenvalue weighted by Crippen LogP contribution is 2.06. The van der Waals surface area contributed by atoms with Crippen molar-refractivity contribution in [1.29, 1.82) is 0 Å². The van der Waals surface area contributed by atoms with E-state index in [1.165, 1.54) is 6.92 Å². The number of nitrogens with zero attached hydrogens (tertiary/aromatic N) is 1. The summed E-state index contributed by atoms with van der Waals surface area (Å²) in [4.78, 5) is 12.5. The molecule has 4 nitrogen and oxygen atoms in total. The van der Waals surface area contributed by atoms with Crippen LogP contribution in [0, 0.1) is 0 Å². The summed E-state index contributed by atoms with van der Waals surface area (Å²) in [5.74, 6) is -1.17. The summed E-state index contributed by atoms with van der Waals surface area (Å²) in [5.41, 5.74) is -1.64. The number of aliphatic carboxylic acids is 1. The van der Waals surface area contributed by atoms with Gasteiger partial charge in [-0.05, 0) is 26.9 Å². The van der Waals surface area contributed by atoms with Crippen LogP contribution in [0.1, 0.15) is 33.1 Å². The van der Waals surface area contributed by atoms with E-state index in [1.54, 1.807) is 0 Å². The van der Waals surface area contributed by atoms with Gasteiger partial charge in [0.2, 0.25) is 0 Å². The second-order valence-electron chi connectivity index (χ2n) is 4.02. The van der Waals surface area contributed by atoms with Crippen molar-refractivity contribution in [2.24, 2.45) is 0 Å². The Balaban J connectivity index is 3.81. The third-order valence-electron chi connectivity index (χ3n) is 2.18. The van der Waals surface area contributed by atoms with Gasteiger partial charge in [0.25, 0.3) is 0 Å². The van der Waals surface area contributed by atoms with Crippen molar-refractivity contribution < 1.29 is 15.0 Å². The molecule has 0 aliphatic carbocycles. The molecule has 0 aromatic carbocycles. The van der Waals surface area contributed by atoms with Crippen molar-refractivity contribution >= 4 is 5.97 Å². The number of aliphatic hydroxyl groups is 1. The zero-order valence-electron chi connectivity index (χ0n) is 9.29. The van der Waals surface area contributed by atoms with E-state index in [4.69, 9.17) is 5.11 Å². The van der Waals surface area contributed by atoms with E-state index in [1.807, 2.05) is 11.9 Å². The lowest BCUT2D eigenvalue weighted by molar-refractivity contribution is -0.158. The summed E-state index contributed by atoms with van der Waals surface area (Å²) in [7, 11) is 1.83. The maximum absolute atomic E-state index is 10.6. The van der Waals surface area contributed by atoms with Gasteiger partial charge in [0.1, 0.15) is 0 Å². The molecule has 84 valence electrons. The summed E-state index contributed by atoms with van der Waals surface area (Å²) in [6, 6.07) is 0. The predicted molar refractivity (Wildman–Crippen MR) is 55.3 cm³/mol. The summed E-state index contributed by atoms with van der Waals surface area (Å²) in [6.07, 6.45) is 3.32. The number of carboxylic acids is 1. The van der Waals surface area contributed by atoms with Crippen LogP contribution in [0.3, 0.4) is 0 Å². The molecule has 0 heterocycles. The average Bonchev–Trinajstić information content (AvgIpc) is 2.03. The number of hydrogen-bond donors (Lipinski definition) is 2. The monoisotopic (exact) mass is 203 g/mol. The molecule has 0 saturated heterocycles. The summed E-state index contributed by atoms with van der Waals surface area (Å²) in [5, 5.41) is 18.2. The van der Waals surface area contributed by atoms with Crippen LogP contribution in [0.5, 0.6) is 0 Å². The molecule has 2 N–H and O–H groups in total. The lowest BCUT2D eigenvalue weighted by Gasteiger charge is -2.25. The van der Waals surface area contributed by atoms with E-state index >= 15 is 0 Å². The normalized spacial score (nSPS) is 15.5. The second kappa shape index (κ2) is 5.98. The van der Waals surface area contributed by atoms with Gasteiger partial charge in [-0.25, -0.2) is 4.79 Å². The Labute approximate surface area is 85.5 Å². The fourth-order valence-electron chi connectivity index (χ4n) is 1.30. The number of unbranched alkanes of at least 4 members (excludes halogenated alkanes) is 2. The van der Waals surface area contributed by atoms with Crippen molar-refractivity contribution in [3.63, 3.8) is 0 Å². The highest BCUT2D eigenvalue weighted by atomic mass is 16.4. The van der Waals surface area contributed by atoms with Gasteiger partial charge in [0, 0.05) is 6.54 Å². The van der Waals surface area contributed by atoms with E-state index < -0.39 is 11.6 Å². The molecule has 1 atom stereocenters. The van der Waals surface area contributed by atoms with Crippen LogP contribution in [0.4, 0.5) is 0 Å². The van der Waals surface area contributed by atoms with Gasteiger partial charge >= 0.3 is 5.97 Å². The Morgan fingerprint density at radius 3 is 2.43 bits per heavy atom. The van der Waals surface area contributed by atoms with Crippen molar-refractivity contribution in [1.82, 2.24) is 4.90 Å². The molecule has 0 aromatic heterocycles. The molecule has 0 radical (unpaired) electrons. The molecule has 0 aliphatic heterocycles. The standard InChI is InChI=1S/C10H21NO3/c1-4-5-6-7-11(3)8-10(2,14)9(12)13/h14H,4-8H2,1-3H3,(H,12,13). The SMILES string of the molecule is CCCCCN(C)CC(C)(O)C(=O)O. The zero-order chi connectivity index (χ0) is 11.2. The Morgan fingerprint density at radius 1 is 1.43 bits per heavy atom. The van der Waals surface area contributed by atoms with Gasteiger partial charge in [0.05, 0.1) is 0 Å².